The molecule has 1 aliphatic rings. The maximum absolute atomic E-state index is 12.2. The lowest BCUT2D eigenvalue weighted by Gasteiger charge is -2.32. The van der Waals surface area contributed by atoms with E-state index < -0.39 is 0 Å². The second-order valence-corrected chi connectivity index (χ2v) is 5.75. The van der Waals surface area contributed by atoms with Gasteiger partial charge in [-0.1, -0.05) is 37.3 Å². The Morgan fingerprint density at radius 2 is 2.11 bits per heavy atom. The van der Waals surface area contributed by atoms with Gasteiger partial charge in [0, 0.05) is 19.6 Å². The van der Waals surface area contributed by atoms with Crippen LogP contribution in [0.5, 0.6) is 0 Å². The van der Waals surface area contributed by atoms with Gasteiger partial charge in [0.25, 0.3) is 0 Å². The number of carbonyl (C=O) groups is 1. The molecule has 1 aromatic rings. The average Bonchev–Trinajstić information content (AvgIpc) is 2.39. The van der Waals surface area contributed by atoms with Crippen molar-refractivity contribution in [1.82, 2.24) is 9.80 Å². The molecule has 0 radical (unpaired) electrons. The minimum Gasteiger partial charge on any atom is -0.341 e. The summed E-state index contributed by atoms with van der Waals surface area (Å²) in [5, 5.41) is 0. The Morgan fingerprint density at radius 1 is 1.37 bits per heavy atom. The first kappa shape index (κ1) is 14.1. The highest BCUT2D eigenvalue weighted by Crippen LogP contribution is 2.15. The molecular formula is C16H24N2O. The molecule has 0 N–H and O–H groups in total. The summed E-state index contributed by atoms with van der Waals surface area (Å²) in [6, 6.07) is 10.3. The van der Waals surface area contributed by atoms with Gasteiger partial charge in [0.05, 0.1) is 6.54 Å². The molecule has 1 saturated heterocycles. The molecule has 0 aliphatic carbocycles. The molecule has 3 nitrogen and oxygen atoms in total. The third kappa shape index (κ3) is 4.35. The first-order valence-corrected chi connectivity index (χ1v) is 7.15. The van der Waals surface area contributed by atoms with E-state index in [0.29, 0.717) is 12.5 Å². The summed E-state index contributed by atoms with van der Waals surface area (Å²) in [6.45, 7) is 5.44. The molecule has 0 aromatic heterocycles. The van der Waals surface area contributed by atoms with E-state index in [2.05, 4.69) is 24.0 Å². The molecule has 1 aliphatic heterocycles. The van der Waals surface area contributed by atoms with Crippen LogP contribution in [-0.2, 0) is 11.3 Å². The van der Waals surface area contributed by atoms with Crippen molar-refractivity contribution in [3.8, 4) is 0 Å². The lowest BCUT2D eigenvalue weighted by molar-refractivity contribution is -0.133. The zero-order valence-electron chi connectivity index (χ0n) is 12.0. The van der Waals surface area contributed by atoms with Crippen LogP contribution in [0.1, 0.15) is 25.3 Å². The fourth-order valence-electron chi connectivity index (χ4n) is 2.70. The third-order valence-electron chi connectivity index (χ3n) is 3.71. The maximum Gasteiger partial charge on any atom is 0.236 e. The Kier molecular flexibility index (Phi) is 4.97. The smallest absolute Gasteiger partial charge is 0.236 e. The van der Waals surface area contributed by atoms with Crippen molar-refractivity contribution in [2.75, 3.05) is 26.7 Å². The van der Waals surface area contributed by atoms with Gasteiger partial charge < -0.3 is 4.90 Å². The van der Waals surface area contributed by atoms with E-state index in [0.717, 1.165) is 26.1 Å². The van der Waals surface area contributed by atoms with Crippen LogP contribution < -0.4 is 0 Å². The van der Waals surface area contributed by atoms with Crippen molar-refractivity contribution in [3.05, 3.63) is 35.9 Å². The largest absolute Gasteiger partial charge is 0.341 e. The van der Waals surface area contributed by atoms with Crippen molar-refractivity contribution >= 4 is 5.91 Å². The van der Waals surface area contributed by atoms with Crippen LogP contribution in [0.15, 0.2) is 30.3 Å². The number of piperidine rings is 1. The van der Waals surface area contributed by atoms with Gasteiger partial charge in [0.2, 0.25) is 5.91 Å². The maximum atomic E-state index is 12.2. The summed E-state index contributed by atoms with van der Waals surface area (Å²) >= 11 is 0. The summed E-state index contributed by atoms with van der Waals surface area (Å²) < 4.78 is 0. The molecule has 0 saturated carbocycles. The monoisotopic (exact) mass is 260 g/mol. The van der Waals surface area contributed by atoms with E-state index >= 15 is 0 Å². The first-order chi connectivity index (χ1) is 9.15. The number of rotatable bonds is 4. The van der Waals surface area contributed by atoms with E-state index in [1.165, 1.54) is 12.0 Å². The van der Waals surface area contributed by atoms with Gasteiger partial charge in [-0.3, -0.25) is 9.69 Å². The normalized spacial score (nSPS) is 19.7. The van der Waals surface area contributed by atoms with Crippen LogP contribution in [0.25, 0.3) is 0 Å². The molecule has 1 unspecified atom stereocenters. The molecule has 1 heterocycles. The number of likely N-dealkylation sites (N-methyl/N-ethyl adjacent to an activating group) is 1. The lowest BCUT2D eigenvalue weighted by Crippen LogP contribution is -2.43. The Labute approximate surface area is 116 Å². The summed E-state index contributed by atoms with van der Waals surface area (Å²) in [5.74, 6) is 0.919. The number of nitrogens with zero attached hydrogens (tertiary/aromatic N) is 2. The van der Waals surface area contributed by atoms with Gasteiger partial charge in [-0.2, -0.15) is 0 Å². The Morgan fingerprint density at radius 3 is 2.79 bits per heavy atom. The number of hydrogen-bond acceptors (Lipinski definition) is 2. The Balaban J connectivity index is 1.81. The minimum atomic E-state index is 0.269. The van der Waals surface area contributed by atoms with Crippen molar-refractivity contribution in [2.45, 2.75) is 26.3 Å². The van der Waals surface area contributed by atoms with Gasteiger partial charge in [-0.05, 0) is 31.4 Å². The molecular weight excluding hydrogens is 236 g/mol. The van der Waals surface area contributed by atoms with Crippen molar-refractivity contribution in [1.29, 1.82) is 0 Å². The number of hydrogen-bond donors (Lipinski definition) is 0. The van der Waals surface area contributed by atoms with E-state index in [-0.39, 0.29) is 5.91 Å². The number of carbonyl (C=O) groups excluding carboxylic acids is 1. The Hall–Kier alpha value is -1.35. The molecule has 0 spiro atoms. The van der Waals surface area contributed by atoms with Crippen LogP contribution in [0, 0.1) is 5.92 Å². The van der Waals surface area contributed by atoms with Crippen LogP contribution in [0.3, 0.4) is 0 Å². The SMILES string of the molecule is CC1CCCN(C(=O)CN(C)Cc2ccccc2)C1. The van der Waals surface area contributed by atoms with Gasteiger partial charge in [0.15, 0.2) is 0 Å². The zero-order chi connectivity index (χ0) is 13.7. The molecule has 1 amide bonds. The summed E-state index contributed by atoms with van der Waals surface area (Å²) in [5.41, 5.74) is 1.25. The topological polar surface area (TPSA) is 23.6 Å². The van der Waals surface area contributed by atoms with E-state index in [4.69, 9.17) is 0 Å². The summed E-state index contributed by atoms with van der Waals surface area (Å²) in [4.78, 5) is 16.3. The van der Waals surface area contributed by atoms with Crippen molar-refractivity contribution in [2.24, 2.45) is 5.92 Å². The number of amides is 1. The molecule has 1 atom stereocenters. The quantitative estimate of drug-likeness (QED) is 0.830. The highest BCUT2D eigenvalue weighted by Gasteiger charge is 2.21. The van der Waals surface area contributed by atoms with Crippen molar-refractivity contribution < 1.29 is 4.79 Å². The van der Waals surface area contributed by atoms with Crippen LogP contribution in [-0.4, -0.2) is 42.4 Å². The molecule has 19 heavy (non-hydrogen) atoms. The standard InChI is InChI=1S/C16H24N2O/c1-14-7-6-10-18(11-14)16(19)13-17(2)12-15-8-4-3-5-9-15/h3-5,8-9,14H,6-7,10-13H2,1-2H3. The third-order valence-corrected chi connectivity index (χ3v) is 3.71. The second-order valence-electron chi connectivity index (χ2n) is 5.75. The summed E-state index contributed by atoms with van der Waals surface area (Å²) in [7, 11) is 2.01. The Bertz CT molecular complexity index is 404. The fourth-order valence-corrected chi connectivity index (χ4v) is 2.70. The molecule has 0 bridgehead atoms. The zero-order valence-corrected chi connectivity index (χ0v) is 12.0. The molecule has 1 fully saturated rings. The van der Waals surface area contributed by atoms with Gasteiger partial charge in [-0.25, -0.2) is 0 Å². The van der Waals surface area contributed by atoms with Crippen LogP contribution in [0.2, 0.25) is 0 Å². The van der Waals surface area contributed by atoms with Crippen molar-refractivity contribution in [3.63, 3.8) is 0 Å². The molecule has 2 rings (SSSR count). The highest BCUT2D eigenvalue weighted by molar-refractivity contribution is 5.78. The molecule has 1 aromatic carbocycles. The second kappa shape index (κ2) is 6.71. The average molecular weight is 260 g/mol. The van der Waals surface area contributed by atoms with E-state index in [1.807, 2.05) is 30.1 Å². The predicted molar refractivity (Wildman–Crippen MR) is 77.8 cm³/mol. The predicted octanol–water partition coefficient (Wildman–Crippen LogP) is 2.38. The van der Waals surface area contributed by atoms with Gasteiger partial charge >= 0.3 is 0 Å². The highest BCUT2D eigenvalue weighted by atomic mass is 16.2. The lowest BCUT2D eigenvalue weighted by atomic mass is 10.0. The summed E-state index contributed by atoms with van der Waals surface area (Å²) in [6.07, 6.45) is 2.40. The molecule has 3 heteroatoms. The van der Waals surface area contributed by atoms with Gasteiger partial charge in [0.1, 0.15) is 0 Å². The van der Waals surface area contributed by atoms with Crippen LogP contribution >= 0.6 is 0 Å². The number of benzene rings is 1. The van der Waals surface area contributed by atoms with Crippen LogP contribution in [0.4, 0.5) is 0 Å². The minimum absolute atomic E-state index is 0.269. The first-order valence-electron chi connectivity index (χ1n) is 7.15. The van der Waals surface area contributed by atoms with Gasteiger partial charge in [-0.15, -0.1) is 0 Å². The number of likely N-dealkylation sites (tertiary alicyclic amines) is 1. The van der Waals surface area contributed by atoms with E-state index in [9.17, 15) is 4.79 Å². The fraction of sp³-hybridized carbons (Fsp3) is 0.562. The molecule has 104 valence electrons. The van der Waals surface area contributed by atoms with E-state index in [1.54, 1.807) is 0 Å².